The van der Waals surface area contributed by atoms with Crippen molar-refractivity contribution in [2.75, 3.05) is 0 Å². The molecule has 0 heteroatoms. The minimum absolute atomic E-state index is 0.647. The monoisotopic (exact) mass is 182 g/mol. The first-order chi connectivity index (χ1) is 6.11. The van der Waals surface area contributed by atoms with Gasteiger partial charge in [0.25, 0.3) is 0 Å². The van der Waals surface area contributed by atoms with Crippen LogP contribution in [0.25, 0.3) is 0 Å². The van der Waals surface area contributed by atoms with E-state index >= 15 is 0 Å². The first-order valence-corrected chi connectivity index (χ1v) is 6.11. The van der Waals surface area contributed by atoms with Crippen LogP contribution in [-0.4, -0.2) is 0 Å². The van der Waals surface area contributed by atoms with Crippen LogP contribution in [0.1, 0.15) is 66.2 Å². The molecule has 0 aliphatic heterocycles. The molecule has 13 heavy (non-hydrogen) atoms. The maximum Gasteiger partial charge on any atom is -0.0274 e. The van der Waals surface area contributed by atoms with Gasteiger partial charge >= 0.3 is 0 Å². The summed E-state index contributed by atoms with van der Waals surface area (Å²) in [6, 6.07) is 0. The first-order valence-electron chi connectivity index (χ1n) is 6.11. The van der Waals surface area contributed by atoms with Crippen LogP contribution >= 0.6 is 0 Å². The average molecular weight is 182 g/mol. The van der Waals surface area contributed by atoms with Crippen molar-refractivity contribution in [3.05, 3.63) is 0 Å². The second-order valence-corrected chi connectivity index (χ2v) is 5.39. The molecule has 0 aromatic heterocycles. The number of hydrogen-bond donors (Lipinski definition) is 0. The third kappa shape index (κ3) is 2.27. The van der Waals surface area contributed by atoms with E-state index in [9.17, 15) is 0 Å². The van der Waals surface area contributed by atoms with Crippen molar-refractivity contribution in [1.29, 1.82) is 0 Å². The van der Waals surface area contributed by atoms with Crippen LogP contribution < -0.4 is 0 Å². The van der Waals surface area contributed by atoms with E-state index in [2.05, 4.69) is 27.7 Å². The Balaban J connectivity index is 2.65. The zero-order valence-corrected chi connectivity index (χ0v) is 9.90. The summed E-state index contributed by atoms with van der Waals surface area (Å²) < 4.78 is 0. The van der Waals surface area contributed by atoms with Gasteiger partial charge in [-0.25, -0.2) is 0 Å². The zero-order valence-electron chi connectivity index (χ0n) is 9.90. The van der Waals surface area contributed by atoms with E-state index in [0.717, 1.165) is 11.8 Å². The lowest BCUT2D eigenvalue weighted by Gasteiger charge is -2.45. The SMILES string of the molecule is CCCC1CCCCC1(C)C(C)C. The maximum absolute atomic E-state index is 2.52. The average Bonchev–Trinajstić information content (AvgIpc) is 2.09. The van der Waals surface area contributed by atoms with Crippen molar-refractivity contribution < 1.29 is 0 Å². The molecule has 1 fully saturated rings. The Hall–Kier alpha value is 0. The molecule has 0 aromatic carbocycles. The van der Waals surface area contributed by atoms with E-state index in [1.165, 1.54) is 38.5 Å². The highest BCUT2D eigenvalue weighted by atomic mass is 14.4. The fourth-order valence-corrected chi connectivity index (χ4v) is 3.01. The van der Waals surface area contributed by atoms with E-state index in [1.54, 1.807) is 0 Å². The van der Waals surface area contributed by atoms with Crippen LogP contribution in [0, 0.1) is 17.3 Å². The molecule has 2 atom stereocenters. The zero-order chi connectivity index (χ0) is 9.90. The van der Waals surface area contributed by atoms with Crippen LogP contribution in [0.15, 0.2) is 0 Å². The van der Waals surface area contributed by atoms with Gasteiger partial charge in [-0.15, -0.1) is 0 Å². The van der Waals surface area contributed by atoms with Crippen LogP contribution in [0.2, 0.25) is 0 Å². The van der Waals surface area contributed by atoms with Gasteiger partial charge in [0.1, 0.15) is 0 Å². The van der Waals surface area contributed by atoms with Gasteiger partial charge in [0, 0.05) is 0 Å². The molecule has 0 saturated heterocycles. The molecule has 0 amide bonds. The van der Waals surface area contributed by atoms with Crippen LogP contribution in [0.5, 0.6) is 0 Å². The summed E-state index contributed by atoms with van der Waals surface area (Å²) in [6.07, 6.45) is 8.72. The molecule has 2 unspecified atom stereocenters. The second kappa shape index (κ2) is 4.48. The fourth-order valence-electron chi connectivity index (χ4n) is 3.01. The Kier molecular flexibility index (Phi) is 3.82. The normalized spacial score (nSPS) is 35.3. The van der Waals surface area contributed by atoms with E-state index in [4.69, 9.17) is 0 Å². The van der Waals surface area contributed by atoms with Crippen molar-refractivity contribution in [1.82, 2.24) is 0 Å². The third-order valence-electron chi connectivity index (χ3n) is 4.41. The summed E-state index contributed by atoms with van der Waals surface area (Å²) in [5, 5.41) is 0. The van der Waals surface area contributed by atoms with Crippen LogP contribution in [0.4, 0.5) is 0 Å². The largest absolute Gasteiger partial charge is 0.0654 e. The van der Waals surface area contributed by atoms with E-state index in [0.29, 0.717) is 5.41 Å². The summed E-state index contributed by atoms with van der Waals surface area (Å²) in [7, 11) is 0. The number of hydrogen-bond acceptors (Lipinski definition) is 0. The van der Waals surface area contributed by atoms with E-state index < -0.39 is 0 Å². The third-order valence-corrected chi connectivity index (χ3v) is 4.41. The van der Waals surface area contributed by atoms with Crippen LogP contribution in [-0.2, 0) is 0 Å². The minimum Gasteiger partial charge on any atom is -0.0654 e. The molecule has 0 spiro atoms. The standard InChI is InChI=1S/C13H26/c1-5-8-12-9-6-7-10-13(12,4)11(2)3/h11-12H,5-10H2,1-4H3. The Labute approximate surface area is 84.1 Å². The molecule has 0 bridgehead atoms. The van der Waals surface area contributed by atoms with Gasteiger partial charge < -0.3 is 0 Å². The Morgan fingerprint density at radius 3 is 2.54 bits per heavy atom. The van der Waals surface area contributed by atoms with Crippen molar-refractivity contribution >= 4 is 0 Å². The molecule has 1 aliphatic carbocycles. The summed E-state index contributed by atoms with van der Waals surface area (Å²) in [5.41, 5.74) is 0.647. The van der Waals surface area contributed by atoms with Crippen molar-refractivity contribution in [2.24, 2.45) is 17.3 Å². The molecular formula is C13H26. The second-order valence-electron chi connectivity index (χ2n) is 5.39. The highest BCUT2D eigenvalue weighted by Crippen LogP contribution is 2.48. The van der Waals surface area contributed by atoms with Gasteiger partial charge in [-0.3, -0.25) is 0 Å². The van der Waals surface area contributed by atoms with Crippen molar-refractivity contribution in [3.8, 4) is 0 Å². The quantitative estimate of drug-likeness (QED) is 0.596. The topological polar surface area (TPSA) is 0 Å². The molecule has 0 radical (unpaired) electrons. The van der Waals surface area contributed by atoms with Crippen molar-refractivity contribution in [2.45, 2.75) is 66.2 Å². The molecule has 1 rings (SSSR count). The highest BCUT2D eigenvalue weighted by molar-refractivity contribution is 4.88. The van der Waals surface area contributed by atoms with Gasteiger partial charge in [-0.1, -0.05) is 53.4 Å². The van der Waals surface area contributed by atoms with Crippen molar-refractivity contribution in [3.63, 3.8) is 0 Å². The number of rotatable bonds is 3. The van der Waals surface area contributed by atoms with Crippen LogP contribution in [0.3, 0.4) is 0 Å². The van der Waals surface area contributed by atoms with Gasteiger partial charge in [0.2, 0.25) is 0 Å². The lowest BCUT2D eigenvalue weighted by atomic mass is 9.60. The Morgan fingerprint density at radius 2 is 2.00 bits per heavy atom. The highest BCUT2D eigenvalue weighted by Gasteiger charge is 2.37. The van der Waals surface area contributed by atoms with Gasteiger partial charge in [-0.2, -0.15) is 0 Å². The summed E-state index contributed by atoms with van der Waals surface area (Å²) in [6.45, 7) is 9.68. The molecule has 0 aromatic rings. The predicted molar refractivity (Wildman–Crippen MR) is 59.8 cm³/mol. The lowest BCUT2D eigenvalue weighted by molar-refractivity contribution is 0.0540. The fraction of sp³-hybridized carbons (Fsp3) is 1.00. The molecule has 1 saturated carbocycles. The van der Waals surface area contributed by atoms with Gasteiger partial charge in [0.05, 0.1) is 0 Å². The van der Waals surface area contributed by atoms with Gasteiger partial charge in [-0.05, 0) is 30.1 Å². The molecule has 78 valence electrons. The molecule has 1 aliphatic rings. The first kappa shape index (κ1) is 11.1. The Bertz CT molecular complexity index is 146. The molecule has 0 heterocycles. The minimum atomic E-state index is 0.647. The lowest BCUT2D eigenvalue weighted by Crippen LogP contribution is -2.35. The summed E-state index contributed by atoms with van der Waals surface area (Å²) in [5.74, 6) is 1.87. The van der Waals surface area contributed by atoms with E-state index in [1.807, 2.05) is 0 Å². The van der Waals surface area contributed by atoms with E-state index in [-0.39, 0.29) is 0 Å². The summed E-state index contributed by atoms with van der Waals surface area (Å²) in [4.78, 5) is 0. The maximum atomic E-state index is 2.52. The molecular weight excluding hydrogens is 156 g/mol. The Morgan fingerprint density at radius 1 is 1.31 bits per heavy atom. The smallest absolute Gasteiger partial charge is 0.0274 e. The predicted octanol–water partition coefficient (Wildman–Crippen LogP) is 4.64. The summed E-state index contributed by atoms with van der Waals surface area (Å²) >= 11 is 0. The molecule has 0 N–H and O–H groups in total. The van der Waals surface area contributed by atoms with Gasteiger partial charge in [0.15, 0.2) is 0 Å². The molecule has 0 nitrogen and oxygen atoms in total.